The smallest absolute Gasteiger partial charge is 0.228 e. The lowest BCUT2D eigenvalue weighted by atomic mass is 10.1. The lowest BCUT2D eigenvalue weighted by molar-refractivity contribution is -0.115. The maximum Gasteiger partial charge on any atom is 0.228 e. The first-order chi connectivity index (χ1) is 9.45. The van der Waals surface area contributed by atoms with Crippen LogP contribution in [-0.4, -0.2) is 11.0 Å². The third-order valence-corrected chi connectivity index (χ3v) is 3.15. The van der Waals surface area contributed by atoms with Crippen LogP contribution in [-0.2, 0) is 11.2 Å². The molecular weight excluding hydrogens is 304 g/mol. The van der Waals surface area contributed by atoms with Crippen molar-refractivity contribution in [3.63, 3.8) is 0 Å². The molecule has 0 unspecified atom stereocenters. The van der Waals surface area contributed by atoms with Crippen molar-refractivity contribution in [2.75, 3.05) is 5.32 Å². The monoisotopic (exact) mass is 313 g/mol. The zero-order chi connectivity index (χ0) is 14.7. The molecule has 20 heavy (non-hydrogen) atoms. The van der Waals surface area contributed by atoms with Gasteiger partial charge in [0.05, 0.1) is 16.5 Å². The van der Waals surface area contributed by atoms with Crippen LogP contribution in [0.1, 0.15) is 5.56 Å². The summed E-state index contributed by atoms with van der Waals surface area (Å²) in [6.07, 6.45) is 0.0936. The summed E-state index contributed by atoms with van der Waals surface area (Å²) in [6, 6.07) is 8.43. The van der Waals surface area contributed by atoms with E-state index in [0.717, 1.165) is 0 Å². The number of carbonyl (C=O) groups is 1. The second kappa shape index (κ2) is 6.11. The van der Waals surface area contributed by atoms with Crippen molar-refractivity contribution < 1.29 is 14.3 Å². The van der Waals surface area contributed by atoms with Crippen LogP contribution in [0.3, 0.4) is 0 Å². The number of phenolic OH excluding ortho intramolecular Hbond substituents is 1. The van der Waals surface area contributed by atoms with Crippen molar-refractivity contribution in [3.8, 4) is 5.75 Å². The molecule has 0 bridgehead atoms. The molecule has 2 rings (SSSR count). The molecule has 0 aliphatic rings. The Labute approximate surface area is 124 Å². The van der Waals surface area contributed by atoms with E-state index in [0.29, 0.717) is 11.3 Å². The fourth-order valence-electron chi connectivity index (χ4n) is 1.63. The van der Waals surface area contributed by atoms with Gasteiger partial charge in [0.25, 0.3) is 0 Å². The normalized spacial score (nSPS) is 10.3. The molecule has 0 heterocycles. The summed E-state index contributed by atoms with van der Waals surface area (Å²) in [4.78, 5) is 11.8. The van der Waals surface area contributed by atoms with Gasteiger partial charge in [0.2, 0.25) is 5.91 Å². The van der Waals surface area contributed by atoms with Crippen LogP contribution in [0.25, 0.3) is 0 Å². The molecule has 0 fully saturated rings. The van der Waals surface area contributed by atoms with Crippen molar-refractivity contribution in [1.29, 1.82) is 0 Å². The minimum Gasteiger partial charge on any atom is -0.505 e. The second-order valence-electron chi connectivity index (χ2n) is 4.14. The molecule has 2 aromatic carbocycles. The van der Waals surface area contributed by atoms with Gasteiger partial charge in [-0.25, -0.2) is 4.39 Å². The number of halogens is 3. The summed E-state index contributed by atoms with van der Waals surface area (Å²) in [7, 11) is 0. The van der Waals surface area contributed by atoms with Crippen LogP contribution in [0.4, 0.5) is 10.1 Å². The van der Waals surface area contributed by atoms with Crippen LogP contribution in [0.15, 0.2) is 36.4 Å². The summed E-state index contributed by atoms with van der Waals surface area (Å²) < 4.78 is 12.7. The standard InChI is InChI=1S/C14H10Cl2FNO2/c15-11-6-10(7-12(16)14(11)20)18-13(19)5-8-1-3-9(17)4-2-8/h1-4,6-7,20H,5H2,(H,18,19). The van der Waals surface area contributed by atoms with Gasteiger partial charge in [0.15, 0.2) is 5.75 Å². The van der Waals surface area contributed by atoms with E-state index >= 15 is 0 Å². The molecule has 0 spiro atoms. The molecule has 0 saturated heterocycles. The Balaban J connectivity index is 2.06. The van der Waals surface area contributed by atoms with E-state index in [-0.39, 0.29) is 33.9 Å². The van der Waals surface area contributed by atoms with E-state index in [1.807, 2.05) is 0 Å². The Kier molecular flexibility index (Phi) is 4.47. The van der Waals surface area contributed by atoms with Crippen molar-refractivity contribution in [1.82, 2.24) is 0 Å². The molecule has 3 nitrogen and oxygen atoms in total. The van der Waals surface area contributed by atoms with E-state index in [2.05, 4.69) is 5.32 Å². The fourth-order valence-corrected chi connectivity index (χ4v) is 2.12. The molecule has 0 radical (unpaired) electrons. The minimum atomic E-state index is -0.355. The molecule has 0 aromatic heterocycles. The molecule has 0 saturated carbocycles. The second-order valence-corrected chi connectivity index (χ2v) is 4.95. The largest absolute Gasteiger partial charge is 0.505 e. The highest BCUT2D eigenvalue weighted by molar-refractivity contribution is 6.37. The minimum absolute atomic E-state index is 0.0505. The highest BCUT2D eigenvalue weighted by atomic mass is 35.5. The Morgan fingerprint density at radius 3 is 2.25 bits per heavy atom. The first-order valence-corrected chi connectivity index (χ1v) is 6.43. The Hall–Kier alpha value is -1.78. The number of hydrogen-bond donors (Lipinski definition) is 2. The quantitative estimate of drug-likeness (QED) is 0.841. The van der Waals surface area contributed by atoms with Crippen LogP contribution in [0.5, 0.6) is 5.75 Å². The first kappa shape index (κ1) is 14.6. The summed E-state index contributed by atoms with van der Waals surface area (Å²) in [5, 5.41) is 12.1. The van der Waals surface area contributed by atoms with Gasteiger partial charge in [0.1, 0.15) is 5.82 Å². The molecule has 1 amide bonds. The average Bonchev–Trinajstić information content (AvgIpc) is 2.38. The number of carbonyl (C=O) groups excluding carboxylic acids is 1. The molecule has 2 N–H and O–H groups in total. The van der Waals surface area contributed by atoms with E-state index in [4.69, 9.17) is 23.2 Å². The summed E-state index contributed by atoms with van der Waals surface area (Å²) in [6.45, 7) is 0. The third kappa shape index (κ3) is 3.62. The highest BCUT2D eigenvalue weighted by Gasteiger charge is 2.09. The number of hydrogen-bond acceptors (Lipinski definition) is 2. The van der Waals surface area contributed by atoms with Crippen molar-refractivity contribution >= 4 is 34.8 Å². The van der Waals surface area contributed by atoms with E-state index in [9.17, 15) is 14.3 Å². The SMILES string of the molecule is O=C(Cc1ccc(F)cc1)Nc1cc(Cl)c(O)c(Cl)c1. The van der Waals surface area contributed by atoms with Gasteiger partial charge in [0, 0.05) is 5.69 Å². The van der Waals surface area contributed by atoms with Crippen LogP contribution in [0.2, 0.25) is 10.0 Å². The van der Waals surface area contributed by atoms with Gasteiger partial charge in [-0.2, -0.15) is 0 Å². The zero-order valence-electron chi connectivity index (χ0n) is 10.2. The predicted molar refractivity (Wildman–Crippen MR) is 76.9 cm³/mol. The van der Waals surface area contributed by atoms with Gasteiger partial charge in [-0.15, -0.1) is 0 Å². The van der Waals surface area contributed by atoms with Gasteiger partial charge in [-0.05, 0) is 29.8 Å². The molecule has 2 aromatic rings. The van der Waals surface area contributed by atoms with Crippen LogP contribution >= 0.6 is 23.2 Å². The molecule has 104 valence electrons. The molecule has 6 heteroatoms. The molecular formula is C14H10Cl2FNO2. The highest BCUT2D eigenvalue weighted by Crippen LogP contribution is 2.34. The summed E-state index contributed by atoms with van der Waals surface area (Å²) >= 11 is 11.5. The topological polar surface area (TPSA) is 49.3 Å². The van der Waals surface area contributed by atoms with Crippen molar-refractivity contribution in [2.45, 2.75) is 6.42 Å². The molecule has 0 aliphatic carbocycles. The fraction of sp³-hybridized carbons (Fsp3) is 0.0714. The van der Waals surface area contributed by atoms with Gasteiger partial charge >= 0.3 is 0 Å². The summed E-state index contributed by atoms with van der Waals surface area (Å²) in [5.41, 5.74) is 1.06. The van der Waals surface area contributed by atoms with Gasteiger partial charge in [-0.3, -0.25) is 4.79 Å². The molecule has 0 atom stereocenters. The zero-order valence-corrected chi connectivity index (χ0v) is 11.7. The maximum absolute atomic E-state index is 12.7. The van der Waals surface area contributed by atoms with Crippen LogP contribution < -0.4 is 5.32 Å². The Bertz CT molecular complexity index is 621. The predicted octanol–water partition coefficient (Wildman–Crippen LogP) is 4.02. The number of aromatic hydroxyl groups is 1. The van der Waals surface area contributed by atoms with Gasteiger partial charge in [-0.1, -0.05) is 35.3 Å². The van der Waals surface area contributed by atoms with Crippen molar-refractivity contribution in [2.24, 2.45) is 0 Å². The Morgan fingerprint density at radius 1 is 1.15 bits per heavy atom. The third-order valence-electron chi connectivity index (χ3n) is 2.58. The first-order valence-electron chi connectivity index (χ1n) is 5.68. The van der Waals surface area contributed by atoms with Gasteiger partial charge < -0.3 is 10.4 Å². The van der Waals surface area contributed by atoms with E-state index < -0.39 is 0 Å². The lowest BCUT2D eigenvalue weighted by Gasteiger charge is -2.08. The van der Waals surface area contributed by atoms with Crippen molar-refractivity contribution in [3.05, 3.63) is 57.8 Å². The Morgan fingerprint density at radius 2 is 1.70 bits per heavy atom. The number of nitrogens with one attached hydrogen (secondary N) is 1. The van der Waals surface area contributed by atoms with Crippen LogP contribution in [0, 0.1) is 5.82 Å². The lowest BCUT2D eigenvalue weighted by Crippen LogP contribution is -2.14. The average molecular weight is 314 g/mol. The number of rotatable bonds is 3. The number of amides is 1. The number of phenols is 1. The summed E-state index contributed by atoms with van der Waals surface area (Å²) in [5.74, 6) is -0.884. The van der Waals surface area contributed by atoms with E-state index in [1.165, 1.54) is 36.4 Å². The van der Waals surface area contributed by atoms with E-state index in [1.54, 1.807) is 0 Å². The molecule has 0 aliphatic heterocycles. The number of benzene rings is 2. The number of anilines is 1. The maximum atomic E-state index is 12.7.